The minimum absolute atomic E-state index is 1.07. The van der Waals surface area contributed by atoms with E-state index in [0.29, 0.717) is 0 Å². The molecule has 0 nitrogen and oxygen atoms in total. The molecule has 0 saturated carbocycles. The Morgan fingerprint density at radius 3 is 1.73 bits per heavy atom. The zero-order valence-electron chi connectivity index (χ0n) is 27.7. The molecule has 0 bridgehead atoms. The van der Waals surface area contributed by atoms with Crippen molar-refractivity contribution >= 4 is 21.9 Å². The van der Waals surface area contributed by atoms with Crippen molar-refractivity contribution in [2.24, 2.45) is 0 Å². The van der Waals surface area contributed by atoms with Gasteiger partial charge in [0.25, 0.3) is 0 Å². The normalized spacial score (nSPS) is 9.80. The molecule has 0 unspecified atom stereocenters. The molecule has 0 N–H and O–H groups in total. The minimum Gasteiger partial charge on any atom is -0.100 e. The standard InChI is InChI=1S/C32H32.C5H10.2C2H6/c1-7-10-25-16-17-26(21(2)3)19-32(25)31-20-27(15-13-23(31)5)24(6)29-18-14-22(4)28-11-8-9-12-30(28)29;1-4-5(2)3;2*1-2/h8-9,11-20H,2,6-7,10H2,1,3-5H3;2,4H2,1,3H3;2*1-2H3. The van der Waals surface area contributed by atoms with Gasteiger partial charge in [-0.3, -0.25) is 0 Å². The van der Waals surface area contributed by atoms with Crippen LogP contribution in [0.25, 0.3) is 33.0 Å². The zero-order valence-corrected chi connectivity index (χ0v) is 27.7. The van der Waals surface area contributed by atoms with Crippen LogP contribution in [0.4, 0.5) is 0 Å². The molecule has 0 heterocycles. The third-order valence-electron chi connectivity index (χ3n) is 7.07. The van der Waals surface area contributed by atoms with E-state index in [-0.39, 0.29) is 0 Å². The van der Waals surface area contributed by atoms with Crippen LogP contribution in [0.2, 0.25) is 0 Å². The molecule has 0 aliphatic heterocycles. The van der Waals surface area contributed by atoms with Gasteiger partial charge in [-0.1, -0.05) is 133 Å². The summed E-state index contributed by atoms with van der Waals surface area (Å²) in [6, 6.07) is 26.6. The molecule has 0 atom stereocenters. The first-order chi connectivity index (χ1) is 19.7. The molecular formula is C41H54. The lowest BCUT2D eigenvalue weighted by Gasteiger charge is -2.17. The Hall–Kier alpha value is -3.64. The predicted octanol–water partition coefficient (Wildman–Crippen LogP) is 13.2. The van der Waals surface area contributed by atoms with Crippen LogP contribution < -0.4 is 0 Å². The molecule has 0 aromatic heterocycles. The Balaban J connectivity index is 0.000000831. The first kappa shape index (κ1) is 35.4. The average molecular weight is 547 g/mol. The Kier molecular flexibility index (Phi) is 15.5. The molecule has 4 rings (SSSR count). The van der Waals surface area contributed by atoms with Crippen molar-refractivity contribution < 1.29 is 0 Å². The van der Waals surface area contributed by atoms with Crippen LogP contribution in [0.1, 0.15) is 102 Å². The third kappa shape index (κ3) is 9.46. The lowest BCUT2D eigenvalue weighted by atomic mass is 9.87. The predicted molar refractivity (Wildman–Crippen MR) is 190 cm³/mol. The van der Waals surface area contributed by atoms with E-state index in [1.807, 2.05) is 34.6 Å². The second kappa shape index (κ2) is 17.9. The fourth-order valence-electron chi connectivity index (χ4n) is 4.55. The summed E-state index contributed by atoms with van der Waals surface area (Å²) >= 11 is 0. The summed E-state index contributed by atoms with van der Waals surface area (Å²) in [6.45, 7) is 33.2. The van der Waals surface area contributed by atoms with Gasteiger partial charge < -0.3 is 0 Å². The Labute approximate surface area is 252 Å². The van der Waals surface area contributed by atoms with Gasteiger partial charge in [-0.2, -0.15) is 0 Å². The van der Waals surface area contributed by atoms with Gasteiger partial charge in [-0.25, -0.2) is 0 Å². The van der Waals surface area contributed by atoms with E-state index in [9.17, 15) is 0 Å². The molecular weight excluding hydrogens is 492 g/mol. The second-order valence-corrected chi connectivity index (χ2v) is 10.2. The van der Waals surface area contributed by atoms with Crippen LogP contribution in [0.15, 0.2) is 98.1 Å². The van der Waals surface area contributed by atoms with E-state index in [2.05, 4.69) is 127 Å². The monoisotopic (exact) mass is 546 g/mol. The number of benzene rings is 4. The molecule has 0 aliphatic rings. The molecule has 4 aromatic carbocycles. The maximum atomic E-state index is 4.53. The van der Waals surface area contributed by atoms with Gasteiger partial charge in [-0.15, -0.1) is 6.58 Å². The smallest absolute Gasteiger partial charge is 0.0103 e. The lowest BCUT2D eigenvalue weighted by Crippen LogP contribution is -1.96. The van der Waals surface area contributed by atoms with E-state index < -0.39 is 0 Å². The second-order valence-electron chi connectivity index (χ2n) is 10.2. The number of aryl methyl sites for hydroxylation is 3. The number of fused-ring (bicyclic) bond motifs is 1. The summed E-state index contributed by atoms with van der Waals surface area (Å²) in [5.41, 5.74) is 13.6. The number of hydrogen-bond acceptors (Lipinski definition) is 0. The van der Waals surface area contributed by atoms with Gasteiger partial charge in [0, 0.05) is 0 Å². The van der Waals surface area contributed by atoms with Gasteiger partial charge in [0.15, 0.2) is 0 Å². The highest BCUT2D eigenvalue weighted by molar-refractivity contribution is 5.99. The fourth-order valence-corrected chi connectivity index (χ4v) is 4.55. The van der Waals surface area contributed by atoms with Gasteiger partial charge in [-0.05, 0) is 114 Å². The van der Waals surface area contributed by atoms with Gasteiger partial charge >= 0.3 is 0 Å². The number of allylic oxidation sites excluding steroid dienone is 2. The largest absolute Gasteiger partial charge is 0.100 e. The minimum atomic E-state index is 1.07. The van der Waals surface area contributed by atoms with Crippen LogP contribution in [-0.2, 0) is 6.42 Å². The molecule has 218 valence electrons. The van der Waals surface area contributed by atoms with Crippen molar-refractivity contribution in [3.63, 3.8) is 0 Å². The highest BCUT2D eigenvalue weighted by atomic mass is 14.2. The third-order valence-corrected chi connectivity index (χ3v) is 7.07. The van der Waals surface area contributed by atoms with E-state index in [1.54, 1.807) is 0 Å². The summed E-state index contributed by atoms with van der Waals surface area (Å²) in [5, 5.41) is 2.55. The number of rotatable bonds is 7. The van der Waals surface area contributed by atoms with Crippen LogP contribution in [0.3, 0.4) is 0 Å². The number of hydrogen-bond donors (Lipinski definition) is 0. The highest BCUT2D eigenvalue weighted by Gasteiger charge is 2.13. The summed E-state index contributed by atoms with van der Waals surface area (Å²) < 4.78 is 0. The van der Waals surface area contributed by atoms with E-state index in [1.165, 1.54) is 60.9 Å². The SMILES string of the molecule is C=C(C)CC.C=C(C)c1ccc(CCC)c(-c2cc(C(=C)c3ccc(C)c4ccccc34)ccc2C)c1.CC.CC. The first-order valence-electron chi connectivity index (χ1n) is 15.4. The molecule has 0 amide bonds. The molecule has 0 saturated heterocycles. The van der Waals surface area contributed by atoms with Gasteiger partial charge in [0.2, 0.25) is 0 Å². The van der Waals surface area contributed by atoms with Crippen LogP contribution >= 0.6 is 0 Å². The first-order valence-corrected chi connectivity index (χ1v) is 15.4. The topological polar surface area (TPSA) is 0 Å². The van der Waals surface area contributed by atoms with Crippen LogP contribution in [0.5, 0.6) is 0 Å². The van der Waals surface area contributed by atoms with E-state index in [4.69, 9.17) is 0 Å². The lowest BCUT2D eigenvalue weighted by molar-refractivity contribution is 0.923. The Morgan fingerprint density at radius 2 is 1.17 bits per heavy atom. The summed E-state index contributed by atoms with van der Waals surface area (Å²) in [6.07, 6.45) is 3.30. The fraction of sp³-hybridized carbons (Fsp3) is 0.317. The molecule has 41 heavy (non-hydrogen) atoms. The van der Waals surface area contributed by atoms with Crippen LogP contribution in [-0.4, -0.2) is 0 Å². The summed E-state index contributed by atoms with van der Waals surface area (Å²) in [7, 11) is 0. The van der Waals surface area contributed by atoms with Gasteiger partial charge in [0.05, 0.1) is 0 Å². The molecule has 0 heteroatoms. The average Bonchev–Trinajstić information content (AvgIpc) is 3.00. The molecule has 0 aliphatic carbocycles. The van der Waals surface area contributed by atoms with E-state index >= 15 is 0 Å². The van der Waals surface area contributed by atoms with Crippen molar-refractivity contribution in [1.29, 1.82) is 0 Å². The maximum Gasteiger partial charge on any atom is -0.0103 e. The van der Waals surface area contributed by atoms with Crippen molar-refractivity contribution in [1.82, 2.24) is 0 Å². The maximum absolute atomic E-state index is 4.53. The molecule has 0 spiro atoms. The molecule has 4 aromatic rings. The van der Waals surface area contributed by atoms with Crippen LogP contribution in [0, 0.1) is 13.8 Å². The Bertz CT molecular complexity index is 1440. The zero-order chi connectivity index (χ0) is 31.1. The molecule has 0 fully saturated rings. The van der Waals surface area contributed by atoms with Crippen molar-refractivity contribution in [2.45, 2.75) is 88.5 Å². The molecule has 0 radical (unpaired) electrons. The summed E-state index contributed by atoms with van der Waals surface area (Å²) in [4.78, 5) is 0. The quantitative estimate of drug-likeness (QED) is 0.202. The summed E-state index contributed by atoms with van der Waals surface area (Å²) in [5.74, 6) is 0. The van der Waals surface area contributed by atoms with Gasteiger partial charge in [0.1, 0.15) is 0 Å². The van der Waals surface area contributed by atoms with Crippen molar-refractivity contribution in [2.75, 3.05) is 0 Å². The Morgan fingerprint density at radius 1 is 0.634 bits per heavy atom. The van der Waals surface area contributed by atoms with Crippen molar-refractivity contribution in [3.8, 4) is 11.1 Å². The highest BCUT2D eigenvalue weighted by Crippen LogP contribution is 2.35. The van der Waals surface area contributed by atoms with E-state index in [0.717, 1.165) is 30.4 Å². The van der Waals surface area contributed by atoms with Crippen molar-refractivity contribution in [3.05, 3.63) is 131 Å².